The van der Waals surface area contributed by atoms with Gasteiger partial charge in [-0.25, -0.2) is 0 Å². The van der Waals surface area contributed by atoms with Gasteiger partial charge in [0, 0.05) is 0 Å². The molecule has 0 spiro atoms. The molecule has 1 heteroatoms. The fourth-order valence-corrected chi connectivity index (χ4v) is 1.10. The third-order valence-electron chi connectivity index (χ3n) is 1.81. The highest BCUT2D eigenvalue weighted by atomic mass is 14.5. The molecule has 11 heavy (non-hydrogen) atoms. The summed E-state index contributed by atoms with van der Waals surface area (Å²) in [6, 6.07) is 0. The van der Waals surface area contributed by atoms with E-state index >= 15 is 0 Å². The van der Waals surface area contributed by atoms with E-state index in [9.17, 15) is 0 Å². The molecule has 0 radical (unpaired) electrons. The predicted molar refractivity (Wildman–Crippen MR) is 51.6 cm³/mol. The average Bonchev–Trinajstić information content (AvgIpc) is 2.03. The van der Waals surface area contributed by atoms with Crippen LogP contribution in [0, 0.1) is 0 Å². The standard InChI is InChI=1S/C10H21N/c1-2-3-4-5-6-7-8-9-10-11/h2-3H,4-11H2,1H3/b3-2+. The summed E-state index contributed by atoms with van der Waals surface area (Å²) in [5.41, 5.74) is 5.38. The van der Waals surface area contributed by atoms with Crippen LogP contribution in [0.1, 0.15) is 45.4 Å². The second-order valence-corrected chi connectivity index (χ2v) is 2.91. The summed E-state index contributed by atoms with van der Waals surface area (Å²) in [6.45, 7) is 2.93. The van der Waals surface area contributed by atoms with Gasteiger partial charge in [0.05, 0.1) is 0 Å². The van der Waals surface area contributed by atoms with Gasteiger partial charge < -0.3 is 5.73 Å². The lowest BCUT2D eigenvalue weighted by Gasteiger charge is -1.96. The molecule has 0 aliphatic carbocycles. The van der Waals surface area contributed by atoms with E-state index < -0.39 is 0 Å². The fraction of sp³-hybridized carbons (Fsp3) is 0.800. The molecule has 0 aliphatic rings. The van der Waals surface area contributed by atoms with E-state index in [-0.39, 0.29) is 0 Å². The van der Waals surface area contributed by atoms with Gasteiger partial charge in [-0.2, -0.15) is 0 Å². The predicted octanol–water partition coefficient (Wildman–Crippen LogP) is 2.86. The topological polar surface area (TPSA) is 26.0 Å². The Labute approximate surface area is 70.7 Å². The van der Waals surface area contributed by atoms with E-state index in [0.29, 0.717) is 0 Å². The Hall–Kier alpha value is -0.300. The lowest BCUT2D eigenvalue weighted by molar-refractivity contribution is 0.622. The van der Waals surface area contributed by atoms with E-state index in [1.165, 1.54) is 38.5 Å². The SMILES string of the molecule is C/C=C/CCCCCCCN. The van der Waals surface area contributed by atoms with Crippen LogP contribution < -0.4 is 5.73 Å². The van der Waals surface area contributed by atoms with Crippen LogP contribution in [-0.2, 0) is 0 Å². The van der Waals surface area contributed by atoms with E-state index in [4.69, 9.17) is 5.73 Å². The van der Waals surface area contributed by atoms with Crippen LogP contribution in [0.5, 0.6) is 0 Å². The Morgan fingerprint density at radius 1 is 1.00 bits per heavy atom. The van der Waals surface area contributed by atoms with Crippen LogP contribution >= 0.6 is 0 Å². The fourth-order valence-electron chi connectivity index (χ4n) is 1.10. The van der Waals surface area contributed by atoms with Gasteiger partial charge in [-0.15, -0.1) is 0 Å². The number of unbranched alkanes of at least 4 members (excludes halogenated alkanes) is 5. The molecule has 0 atom stereocenters. The molecule has 0 aromatic carbocycles. The van der Waals surface area contributed by atoms with Gasteiger partial charge in [0.25, 0.3) is 0 Å². The van der Waals surface area contributed by atoms with Crippen molar-refractivity contribution in [3.05, 3.63) is 12.2 Å². The molecular weight excluding hydrogens is 134 g/mol. The number of rotatable bonds is 7. The van der Waals surface area contributed by atoms with Crippen molar-refractivity contribution in [1.29, 1.82) is 0 Å². The highest BCUT2D eigenvalue weighted by Gasteiger charge is 1.87. The van der Waals surface area contributed by atoms with Crippen molar-refractivity contribution in [3.63, 3.8) is 0 Å². The molecule has 0 heterocycles. The Morgan fingerprint density at radius 3 is 2.27 bits per heavy atom. The summed E-state index contributed by atoms with van der Waals surface area (Å²) < 4.78 is 0. The maximum Gasteiger partial charge on any atom is -0.00773 e. The number of allylic oxidation sites excluding steroid dienone is 2. The van der Waals surface area contributed by atoms with Crippen molar-refractivity contribution in [2.24, 2.45) is 5.73 Å². The third-order valence-corrected chi connectivity index (χ3v) is 1.81. The van der Waals surface area contributed by atoms with Crippen LogP contribution in [-0.4, -0.2) is 6.54 Å². The van der Waals surface area contributed by atoms with Gasteiger partial charge in [-0.05, 0) is 32.7 Å². The zero-order valence-corrected chi connectivity index (χ0v) is 7.68. The minimum atomic E-state index is 0.856. The molecule has 0 rings (SSSR count). The first-order valence-electron chi connectivity index (χ1n) is 4.73. The molecule has 0 aliphatic heterocycles. The minimum absolute atomic E-state index is 0.856. The zero-order chi connectivity index (χ0) is 8.36. The monoisotopic (exact) mass is 155 g/mol. The number of hydrogen-bond acceptors (Lipinski definition) is 1. The Balaban J connectivity index is 2.79. The summed E-state index contributed by atoms with van der Waals surface area (Å²) in [6.07, 6.45) is 12.2. The van der Waals surface area contributed by atoms with Crippen molar-refractivity contribution >= 4 is 0 Å². The van der Waals surface area contributed by atoms with Gasteiger partial charge in [0.15, 0.2) is 0 Å². The van der Waals surface area contributed by atoms with Gasteiger partial charge in [0.1, 0.15) is 0 Å². The van der Waals surface area contributed by atoms with E-state index in [2.05, 4.69) is 19.1 Å². The van der Waals surface area contributed by atoms with Crippen molar-refractivity contribution in [3.8, 4) is 0 Å². The minimum Gasteiger partial charge on any atom is -0.330 e. The molecule has 0 unspecified atom stereocenters. The van der Waals surface area contributed by atoms with Crippen LogP contribution in [0.4, 0.5) is 0 Å². The second-order valence-electron chi connectivity index (χ2n) is 2.91. The summed E-state index contributed by atoms with van der Waals surface area (Å²) >= 11 is 0. The average molecular weight is 155 g/mol. The maximum atomic E-state index is 5.38. The van der Waals surface area contributed by atoms with Crippen molar-refractivity contribution in [1.82, 2.24) is 0 Å². The van der Waals surface area contributed by atoms with Crippen LogP contribution in [0.25, 0.3) is 0 Å². The first-order chi connectivity index (χ1) is 5.41. The quantitative estimate of drug-likeness (QED) is 0.444. The van der Waals surface area contributed by atoms with Crippen LogP contribution in [0.2, 0.25) is 0 Å². The molecule has 0 amide bonds. The Bertz CT molecular complexity index is 86.9. The van der Waals surface area contributed by atoms with Gasteiger partial charge >= 0.3 is 0 Å². The molecule has 0 bridgehead atoms. The molecule has 2 N–H and O–H groups in total. The van der Waals surface area contributed by atoms with Crippen LogP contribution in [0.15, 0.2) is 12.2 Å². The lowest BCUT2D eigenvalue weighted by Crippen LogP contribution is -1.97. The van der Waals surface area contributed by atoms with E-state index in [0.717, 1.165) is 6.54 Å². The summed E-state index contributed by atoms with van der Waals surface area (Å²) in [5, 5.41) is 0. The highest BCUT2D eigenvalue weighted by molar-refractivity contribution is 4.76. The molecular formula is C10H21N. The summed E-state index contributed by atoms with van der Waals surface area (Å²) in [4.78, 5) is 0. The summed E-state index contributed by atoms with van der Waals surface area (Å²) in [7, 11) is 0. The van der Waals surface area contributed by atoms with Gasteiger partial charge in [-0.1, -0.05) is 31.4 Å². The lowest BCUT2D eigenvalue weighted by atomic mass is 10.1. The molecule has 1 nitrogen and oxygen atoms in total. The molecule has 0 saturated heterocycles. The van der Waals surface area contributed by atoms with Crippen molar-refractivity contribution in [2.45, 2.75) is 45.4 Å². The molecule has 0 aromatic heterocycles. The van der Waals surface area contributed by atoms with E-state index in [1.807, 2.05) is 0 Å². The normalized spacial score (nSPS) is 11.1. The van der Waals surface area contributed by atoms with Gasteiger partial charge in [0.2, 0.25) is 0 Å². The smallest absolute Gasteiger partial charge is 0.00773 e. The van der Waals surface area contributed by atoms with Crippen LogP contribution in [0.3, 0.4) is 0 Å². The Kier molecular flexibility index (Phi) is 9.44. The van der Waals surface area contributed by atoms with Crippen molar-refractivity contribution < 1.29 is 0 Å². The molecule has 0 fully saturated rings. The number of hydrogen-bond donors (Lipinski definition) is 1. The molecule has 66 valence electrons. The van der Waals surface area contributed by atoms with E-state index in [1.54, 1.807) is 0 Å². The zero-order valence-electron chi connectivity index (χ0n) is 7.68. The van der Waals surface area contributed by atoms with Gasteiger partial charge in [-0.3, -0.25) is 0 Å². The Morgan fingerprint density at radius 2 is 1.64 bits per heavy atom. The molecule has 0 saturated carbocycles. The largest absolute Gasteiger partial charge is 0.330 e. The molecule has 0 aromatic rings. The second kappa shape index (κ2) is 9.70. The number of nitrogens with two attached hydrogens (primary N) is 1. The van der Waals surface area contributed by atoms with Crippen molar-refractivity contribution in [2.75, 3.05) is 6.54 Å². The highest BCUT2D eigenvalue weighted by Crippen LogP contribution is 2.04. The third kappa shape index (κ3) is 9.70. The first-order valence-corrected chi connectivity index (χ1v) is 4.73. The summed E-state index contributed by atoms with van der Waals surface area (Å²) in [5.74, 6) is 0. The first kappa shape index (κ1) is 10.7. The maximum absolute atomic E-state index is 5.38.